The van der Waals surface area contributed by atoms with E-state index in [2.05, 4.69) is 50.9 Å². The van der Waals surface area contributed by atoms with Crippen LogP contribution in [0.5, 0.6) is 0 Å². The zero-order valence-electron chi connectivity index (χ0n) is 13.1. The molecule has 1 N–H and O–H groups in total. The number of nitriles is 1. The zero-order chi connectivity index (χ0) is 14.2. The number of hydrogen-bond donors (Lipinski definition) is 1. The molecule has 0 amide bonds. The fraction of sp³-hybridized carbons (Fsp3) is 0.933. The van der Waals surface area contributed by atoms with E-state index in [9.17, 15) is 5.26 Å². The van der Waals surface area contributed by atoms with Gasteiger partial charge in [-0.25, -0.2) is 0 Å². The summed E-state index contributed by atoms with van der Waals surface area (Å²) >= 11 is 0. The lowest BCUT2D eigenvalue weighted by molar-refractivity contribution is 0.189. The molecule has 106 valence electrons. The van der Waals surface area contributed by atoms with E-state index in [1.165, 1.54) is 0 Å². The average Bonchev–Trinajstić information content (AvgIpc) is 2.27. The third-order valence-corrected chi connectivity index (χ3v) is 3.27. The molecule has 0 saturated carbocycles. The third kappa shape index (κ3) is 6.98. The lowest BCUT2D eigenvalue weighted by Gasteiger charge is -2.30. The van der Waals surface area contributed by atoms with Crippen molar-refractivity contribution in [3.05, 3.63) is 0 Å². The Morgan fingerprint density at radius 3 is 2.28 bits per heavy atom. The van der Waals surface area contributed by atoms with Crippen molar-refractivity contribution in [2.45, 2.75) is 66.0 Å². The minimum Gasteiger partial charge on any atom is -0.301 e. The predicted molar refractivity (Wildman–Crippen MR) is 78.5 cm³/mol. The van der Waals surface area contributed by atoms with Gasteiger partial charge in [0.25, 0.3) is 0 Å². The Morgan fingerprint density at radius 1 is 1.28 bits per heavy atom. The molecule has 0 aliphatic rings. The molecule has 0 aromatic rings. The molecule has 1 unspecified atom stereocenters. The van der Waals surface area contributed by atoms with E-state index in [0.717, 1.165) is 32.5 Å². The molecule has 0 aliphatic heterocycles. The van der Waals surface area contributed by atoms with Crippen LogP contribution in [0, 0.1) is 17.2 Å². The first-order valence-electron chi connectivity index (χ1n) is 7.25. The predicted octanol–water partition coefficient (Wildman–Crippen LogP) is 3.02. The van der Waals surface area contributed by atoms with Gasteiger partial charge in [0, 0.05) is 12.6 Å². The fourth-order valence-electron chi connectivity index (χ4n) is 2.24. The van der Waals surface area contributed by atoms with Crippen molar-refractivity contribution in [2.24, 2.45) is 5.92 Å². The van der Waals surface area contributed by atoms with Crippen LogP contribution in [-0.4, -0.2) is 36.1 Å². The monoisotopic (exact) mass is 253 g/mol. The van der Waals surface area contributed by atoms with E-state index >= 15 is 0 Å². The molecule has 0 aromatic carbocycles. The Balaban J connectivity index is 4.17. The van der Waals surface area contributed by atoms with E-state index in [4.69, 9.17) is 0 Å². The average molecular weight is 253 g/mol. The summed E-state index contributed by atoms with van der Waals surface area (Å²) in [6.07, 6.45) is 1.99. The van der Waals surface area contributed by atoms with Gasteiger partial charge in [-0.1, -0.05) is 20.8 Å². The Labute approximate surface area is 114 Å². The van der Waals surface area contributed by atoms with Crippen LogP contribution in [0.25, 0.3) is 0 Å². The fourth-order valence-corrected chi connectivity index (χ4v) is 2.24. The Morgan fingerprint density at radius 2 is 1.89 bits per heavy atom. The van der Waals surface area contributed by atoms with Crippen LogP contribution in [0.3, 0.4) is 0 Å². The van der Waals surface area contributed by atoms with Gasteiger partial charge >= 0.3 is 0 Å². The number of nitrogens with zero attached hydrogens (tertiary/aromatic N) is 2. The number of rotatable bonds is 9. The van der Waals surface area contributed by atoms with Gasteiger partial charge in [0.1, 0.15) is 5.54 Å². The first-order chi connectivity index (χ1) is 8.34. The maximum absolute atomic E-state index is 9.21. The van der Waals surface area contributed by atoms with Gasteiger partial charge in [0.15, 0.2) is 0 Å². The van der Waals surface area contributed by atoms with Crippen LogP contribution < -0.4 is 5.32 Å². The van der Waals surface area contributed by atoms with Gasteiger partial charge < -0.3 is 4.90 Å². The second-order valence-corrected chi connectivity index (χ2v) is 6.06. The number of nitrogens with one attached hydrogen (secondary N) is 1. The molecular weight excluding hydrogens is 222 g/mol. The molecule has 3 heteroatoms. The van der Waals surface area contributed by atoms with Crippen molar-refractivity contribution in [3.8, 4) is 6.07 Å². The van der Waals surface area contributed by atoms with Crippen molar-refractivity contribution in [1.82, 2.24) is 10.2 Å². The van der Waals surface area contributed by atoms with Crippen LogP contribution in [0.2, 0.25) is 0 Å². The molecule has 0 saturated heterocycles. The van der Waals surface area contributed by atoms with E-state index in [1.54, 1.807) is 0 Å². The summed E-state index contributed by atoms with van der Waals surface area (Å²) in [5, 5.41) is 12.5. The first-order valence-corrected chi connectivity index (χ1v) is 7.25. The highest BCUT2D eigenvalue weighted by Gasteiger charge is 2.22. The van der Waals surface area contributed by atoms with Gasteiger partial charge in [0.05, 0.1) is 6.07 Å². The highest BCUT2D eigenvalue weighted by molar-refractivity contribution is 5.03. The quantitative estimate of drug-likeness (QED) is 0.686. The largest absolute Gasteiger partial charge is 0.301 e. The lowest BCUT2D eigenvalue weighted by atomic mass is 9.97. The Hall–Kier alpha value is -0.590. The van der Waals surface area contributed by atoms with E-state index < -0.39 is 0 Å². The molecule has 0 heterocycles. The summed E-state index contributed by atoms with van der Waals surface area (Å²) in [7, 11) is 0. The molecule has 0 radical (unpaired) electrons. The van der Waals surface area contributed by atoms with Crippen LogP contribution >= 0.6 is 0 Å². The second-order valence-electron chi connectivity index (χ2n) is 6.06. The van der Waals surface area contributed by atoms with Crippen molar-refractivity contribution < 1.29 is 0 Å². The van der Waals surface area contributed by atoms with Gasteiger partial charge in [-0.3, -0.25) is 5.32 Å². The Bertz CT molecular complexity index is 255. The lowest BCUT2D eigenvalue weighted by Crippen LogP contribution is -2.42. The first kappa shape index (κ1) is 17.4. The smallest absolute Gasteiger partial charge is 0.103 e. The van der Waals surface area contributed by atoms with Crippen molar-refractivity contribution in [3.63, 3.8) is 0 Å². The summed E-state index contributed by atoms with van der Waals surface area (Å²) in [5.74, 6) is 0.698. The maximum Gasteiger partial charge on any atom is 0.103 e. The summed E-state index contributed by atoms with van der Waals surface area (Å²) in [4.78, 5) is 2.51. The van der Waals surface area contributed by atoms with Crippen molar-refractivity contribution >= 4 is 0 Å². The summed E-state index contributed by atoms with van der Waals surface area (Å²) in [6, 6.07) is 2.98. The van der Waals surface area contributed by atoms with E-state index in [1.807, 2.05) is 6.92 Å². The van der Waals surface area contributed by atoms with Crippen molar-refractivity contribution in [1.29, 1.82) is 5.26 Å². The third-order valence-electron chi connectivity index (χ3n) is 3.27. The minimum atomic E-state index is -0.366. The van der Waals surface area contributed by atoms with Crippen LogP contribution in [0.4, 0.5) is 0 Å². The van der Waals surface area contributed by atoms with Crippen molar-refractivity contribution in [2.75, 3.05) is 19.6 Å². The van der Waals surface area contributed by atoms with Crippen LogP contribution in [0.1, 0.15) is 54.4 Å². The molecule has 3 nitrogen and oxygen atoms in total. The van der Waals surface area contributed by atoms with E-state index in [0.29, 0.717) is 12.0 Å². The normalized spacial score (nSPS) is 15.1. The molecular formula is C15H31N3. The molecule has 18 heavy (non-hydrogen) atoms. The van der Waals surface area contributed by atoms with Gasteiger partial charge in [0.2, 0.25) is 0 Å². The molecule has 0 aromatic heterocycles. The molecule has 0 rings (SSSR count). The minimum absolute atomic E-state index is 0.366. The highest BCUT2D eigenvalue weighted by atomic mass is 15.1. The van der Waals surface area contributed by atoms with Gasteiger partial charge in [-0.2, -0.15) is 5.26 Å². The number of hydrogen-bond acceptors (Lipinski definition) is 3. The SMILES string of the molecule is CCNC(C)(C#N)CCCN(CC(C)C)C(C)C. The molecule has 0 spiro atoms. The summed E-state index contributed by atoms with van der Waals surface area (Å²) in [6.45, 7) is 16.1. The molecule has 0 aliphatic carbocycles. The molecule has 0 bridgehead atoms. The topological polar surface area (TPSA) is 39.1 Å². The molecule has 1 atom stereocenters. The standard InChI is InChI=1S/C15H31N3/c1-7-17-15(6,12-16)9-8-10-18(14(4)5)11-13(2)3/h13-14,17H,7-11H2,1-6H3. The van der Waals surface area contributed by atoms with Crippen LogP contribution in [0.15, 0.2) is 0 Å². The second kappa shape index (κ2) is 8.50. The van der Waals surface area contributed by atoms with Gasteiger partial charge in [-0.15, -0.1) is 0 Å². The van der Waals surface area contributed by atoms with E-state index in [-0.39, 0.29) is 5.54 Å². The summed E-state index contributed by atoms with van der Waals surface area (Å²) < 4.78 is 0. The maximum atomic E-state index is 9.21. The molecule has 0 fully saturated rings. The van der Waals surface area contributed by atoms with Crippen LogP contribution in [-0.2, 0) is 0 Å². The summed E-state index contributed by atoms with van der Waals surface area (Å²) in [5.41, 5.74) is -0.366. The van der Waals surface area contributed by atoms with Gasteiger partial charge in [-0.05, 0) is 52.6 Å². The zero-order valence-corrected chi connectivity index (χ0v) is 13.1. The Kier molecular flexibility index (Phi) is 8.22. The highest BCUT2D eigenvalue weighted by Crippen LogP contribution is 2.13.